The van der Waals surface area contributed by atoms with Crippen molar-refractivity contribution in [1.29, 1.82) is 0 Å². The first-order valence-corrected chi connectivity index (χ1v) is 10.9. The summed E-state index contributed by atoms with van der Waals surface area (Å²) in [6.07, 6.45) is 8.73. The maximum absolute atomic E-state index is 12.6. The van der Waals surface area contributed by atoms with Crippen molar-refractivity contribution in [1.82, 2.24) is 25.3 Å². The molecule has 4 heterocycles. The summed E-state index contributed by atoms with van der Waals surface area (Å²) in [7, 11) is 1.54. The van der Waals surface area contributed by atoms with Crippen LogP contribution in [0.1, 0.15) is 48.7 Å². The van der Waals surface area contributed by atoms with E-state index in [0.29, 0.717) is 11.4 Å². The van der Waals surface area contributed by atoms with Crippen LogP contribution in [-0.4, -0.2) is 52.1 Å². The van der Waals surface area contributed by atoms with E-state index in [9.17, 15) is 4.79 Å². The number of amides is 1. The van der Waals surface area contributed by atoms with Gasteiger partial charge in [0.15, 0.2) is 0 Å². The SMILES string of the molecule is COc1cc(C(=O)NC2CCN(c3ncc(-c4ccncc4)c(C(C)C)n3)CC2)ccn1. The third-order valence-electron chi connectivity index (χ3n) is 5.66. The first-order valence-electron chi connectivity index (χ1n) is 10.9. The lowest BCUT2D eigenvalue weighted by Crippen LogP contribution is -2.45. The number of hydrogen-bond acceptors (Lipinski definition) is 7. The van der Waals surface area contributed by atoms with Crippen LogP contribution in [0.3, 0.4) is 0 Å². The fraction of sp³-hybridized carbons (Fsp3) is 0.375. The summed E-state index contributed by atoms with van der Waals surface area (Å²) >= 11 is 0. The zero-order valence-electron chi connectivity index (χ0n) is 18.7. The third-order valence-corrected chi connectivity index (χ3v) is 5.66. The molecule has 3 aromatic heterocycles. The van der Waals surface area contributed by atoms with Crippen molar-refractivity contribution in [2.75, 3.05) is 25.1 Å². The van der Waals surface area contributed by atoms with E-state index in [2.05, 4.69) is 39.0 Å². The minimum Gasteiger partial charge on any atom is -0.481 e. The van der Waals surface area contributed by atoms with Gasteiger partial charge in [-0.25, -0.2) is 15.0 Å². The van der Waals surface area contributed by atoms with Crippen LogP contribution in [0.4, 0.5) is 5.95 Å². The molecule has 3 aromatic rings. The molecule has 1 aliphatic rings. The van der Waals surface area contributed by atoms with Crippen LogP contribution in [0.2, 0.25) is 0 Å². The number of rotatable bonds is 6. The molecule has 32 heavy (non-hydrogen) atoms. The third kappa shape index (κ3) is 4.85. The molecule has 166 valence electrons. The molecule has 8 nitrogen and oxygen atoms in total. The molecule has 0 atom stereocenters. The second-order valence-electron chi connectivity index (χ2n) is 8.18. The van der Waals surface area contributed by atoms with Gasteiger partial charge >= 0.3 is 0 Å². The van der Waals surface area contributed by atoms with Crippen molar-refractivity contribution in [3.63, 3.8) is 0 Å². The highest BCUT2D eigenvalue weighted by Crippen LogP contribution is 2.29. The van der Waals surface area contributed by atoms with Gasteiger partial charge in [-0.05, 0) is 42.5 Å². The Balaban J connectivity index is 1.41. The normalized spacial score (nSPS) is 14.4. The van der Waals surface area contributed by atoms with Gasteiger partial charge in [0.05, 0.1) is 12.8 Å². The number of aromatic nitrogens is 4. The number of piperidine rings is 1. The van der Waals surface area contributed by atoms with E-state index >= 15 is 0 Å². The van der Waals surface area contributed by atoms with E-state index in [1.54, 1.807) is 30.7 Å². The zero-order valence-corrected chi connectivity index (χ0v) is 18.7. The van der Waals surface area contributed by atoms with Crippen LogP contribution in [0, 0.1) is 0 Å². The molecule has 0 aromatic carbocycles. The fourth-order valence-corrected chi connectivity index (χ4v) is 3.89. The quantitative estimate of drug-likeness (QED) is 0.637. The highest BCUT2D eigenvalue weighted by molar-refractivity contribution is 5.94. The number of carbonyl (C=O) groups excluding carboxylic acids is 1. The zero-order chi connectivity index (χ0) is 22.5. The summed E-state index contributed by atoms with van der Waals surface area (Å²) in [4.78, 5) is 32.5. The van der Waals surface area contributed by atoms with Gasteiger partial charge in [0.1, 0.15) is 0 Å². The van der Waals surface area contributed by atoms with E-state index in [-0.39, 0.29) is 17.9 Å². The minimum absolute atomic E-state index is 0.107. The summed E-state index contributed by atoms with van der Waals surface area (Å²) in [5.41, 5.74) is 3.70. The predicted molar refractivity (Wildman–Crippen MR) is 123 cm³/mol. The molecule has 0 radical (unpaired) electrons. The number of anilines is 1. The van der Waals surface area contributed by atoms with E-state index < -0.39 is 0 Å². The lowest BCUT2D eigenvalue weighted by atomic mass is 10.00. The number of nitrogens with one attached hydrogen (secondary N) is 1. The van der Waals surface area contributed by atoms with Gasteiger partial charge in [0.25, 0.3) is 5.91 Å². The van der Waals surface area contributed by atoms with Gasteiger partial charge in [-0.2, -0.15) is 0 Å². The topological polar surface area (TPSA) is 93.1 Å². The van der Waals surface area contributed by atoms with Crippen molar-refractivity contribution in [2.45, 2.75) is 38.6 Å². The van der Waals surface area contributed by atoms with Crippen molar-refractivity contribution in [2.24, 2.45) is 0 Å². The van der Waals surface area contributed by atoms with E-state index in [1.165, 1.54) is 7.11 Å². The summed E-state index contributed by atoms with van der Waals surface area (Å²) in [6.45, 7) is 5.87. The standard InChI is InChI=1S/C24H28N6O2/c1-16(2)22-20(17-4-9-25-10-5-17)15-27-24(29-22)30-12-7-19(8-13-30)28-23(31)18-6-11-26-21(14-18)32-3/h4-6,9-11,14-16,19H,7-8,12-13H2,1-3H3,(H,28,31). The molecule has 0 unspecified atom stereocenters. The number of nitrogens with zero attached hydrogens (tertiary/aromatic N) is 5. The molecule has 0 spiro atoms. The lowest BCUT2D eigenvalue weighted by molar-refractivity contribution is 0.0930. The Morgan fingerprint density at radius 2 is 1.88 bits per heavy atom. The number of hydrogen-bond donors (Lipinski definition) is 1. The highest BCUT2D eigenvalue weighted by Gasteiger charge is 2.24. The van der Waals surface area contributed by atoms with Crippen molar-refractivity contribution >= 4 is 11.9 Å². The largest absolute Gasteiger partial charge is 0.481 e. The first-order chi connectivity index (χ1) is 15.5. The summed E-state index contributed by atoms with van der Waals surface area (Å²) in [6, 6.07) is 7.42. The summed E-state index contributed by atoms with van der Waals surface area (Å²) in [5, 5.41) is 3.12. The fourth-order valence-electron chi connectivity index (χ4n) is 3.89. The van der Waals surface area contributed by atoms with E-state index in [4.69, 9.17) is 9.72 Å². The van der Waals surface area contributed by atoms with Crippen LogP contribution in [0.5, 0.6) is 5.88 Å². The molecule has 1 amide bonds. The van der Waals surface area contributed by atoms with Crippen LogP contribution < -0.4 is 15.0 Å². The Labute approximate surface area is 188 Å². The molecule has 0 aliphatic carbocycles. The smallest absolute Gasteiger partial charge is 0.251 e. The summed E-state index contributed by atoms with van der Waals surface area (Å²) < 4.78 is 5.11. The molecule has 0 saturated carbocycles. The predicted octanol–water partition coefficient (Wildman–Crippen LogP) is 3.46. The molecule has 1 aliphatic heterocycles. The van der Waals surface area contributed by atoms with Gasteiger partial charge in [-0.3, -0.25) is 9.78 Å². The Kier molecular flexibility index (Phi) is 6.58. The van der Waals surface area contributed by atoms with Gasteiger partial charge in [-0.1, -0.05) is 13.8 Å². The Morgan fingerprint density at radius 1 is 1.12 bits per heavy atom. The van der Waals surface area contributed by atoms with Crippen molar-refractivity contribution < 1.29 is 9.53 Å². The number of pyridine rings is 2. The molecule has 8 heteroatoms. The first kappa shape index (κ1) is 21.7. The lowest BCUT2D eigenvalue weighted by Gasteiger charge is -2.32. The van der Waals surface area contributed by atoms with Crippen molar-refractivity contribution in [3.8, 4) is 17.0 Å². The van der Waals surface area contributed by atoms with Gasteiger partial charge in [0.2, 0.25) is 11.8 Å². The van der Waals surface area contributed by atoms with Crippen LogP contribution in [0.25, 0.3) is 11.1 Å². The monoisotopic (exact) mass is 432 g/mol. The van der Waals surface area contributed by atoms with Gasteiger partial charge in [0, 0.05) is 61.1 Å². The Morgan fingerprint density at radius 3 is 2.56 bits per heavy atom. The molecule has 0 bridgehead atoms. The van der Waals surface area contributed by atoms with Gasteiger partial charge < -0.3 is 15.0 Å². The van der Waals surface area contributed by atoms with Crippen LogP contribution in [-0.2, 0) is 0 Å². The molecule has 1 saturated heterocycles. The number of methoxy groups -OCH3 is 1. The average Bonchev–Trinajstić information content (AvgIpc) is 2.84. The summed E-state index contributed by atoms with van der Waals surface area (Å²) in [5.74, 6) is 1.34. The number of carbonyl (C=O) groups is 1. The maximum Gasteiger partial charge on any atom is 0.251 e. The van der Waals surface area contributed by atoms with Gasteiger partial charge in [-0.15, -0.1) is 0 Å². The minimum atomic E-state index is -0.107. The Hall–Kier alpha value is -3.55. The molecule has 1 fully saturated rings. The highest BCUT2D eigenvalue weighted by atomic mass is 16.5. The molecular weight excluding hydrogens is 404 g/mol. The van der Waals surface area contributed by atoms with E-state index in [1.807, 2.05) is 18.3 Å². The number of ether oxygens (including phenoxy) is 1. The molecule has 1 N–H and O–H groups in total. The maximum atomic E-state index is 12.6. The molecule has 4 rings (SSSR count). The Bertz CT molecular complexity index is 1070. The van der Waals surface area contributed by atoms with Crippen molar-refractivity contribution in [3.05, 3.63) is 60.3 Å². The second kappa shape index (κ2) is 9.72. The average molecular weight is 433 g/mol. The van der Waals surface area contributed by atoms with E-state index in [0.717, 1.165) is 48.7 Å². The van der Waals surface area contributed by atoms with Crippen LogP contribution in [0.15, 0.2) is 49.1 Å². The van der Waals surface area contributed by atoms with Crippen LogP contribution >= 0.6 is 0 Å². The molecular formula is C24H28N6O2. The second-order valence-corrected chi connectivity index (χ2v) is 8.18.